The van der Waals surface area contributed by atoms with E-state index >= 15 is 0 Å². The number of methoxy groups -OCH3 is 1. The van der Waals surface area contributed by atoms with Crippen molar-refractivity contribution in [3.05, 3.63) is 58.1 Å². The van der Waals surface area contributed by atoms with E-state index in [2.05, 4.69) is 52.3 Å². The molecule has 100 valence electrons. The molecule has 0 fully saturated rings. The lowest BCUT2D eigenvalue weighted by atomic mass is 10.1. The van der Waals surface area contributed by atoms with Crippen molar-refractivity contribution in [2.75, 3.05) is 7.11 Å². The number of ether oxygens (including phenoxy) is 1. The van der Waals surface area contributed by atoms with Crippen LogP contribution in [0.2, 0.25) is 0 Å². The molecule has 2 aromatic carbocycles. The van der Waals surface area contributed by atoms with E-state index in [4.69, 9.17) is 10.5 Å². The van der Waals surface area contributed by atoms with E-state index < -0.39 is 0 Å². The summed E-state index contributed by atoms with van der Waals surface area (Å²) in [5.74, 6) is 1.79. The van der Waals surface area contributed by atoms with Gasteiger partial charge >= 0.3 is 0 Å². The van der Waals surface area contributed by atoms with Crippen LogP contribution in [0, 0.1) is 0 Å². The van der Waals surface area contributed by atoms with Crippen LogP contribution in [-0.4, -0.2) is 7.11 Å². The molecule has 4 heteroatoms. The molecular weight excluding hydrogens is 322 g/mol. The fraction of sp³-hybridized carbons (Fsp3) is 0.200. The molecule has 0 saturated heterocycles. The number of hydrogen-bond acceptors (Lipinski definition) is 3. The average Bonchev–Trinajstić information content (AvgIpc) is 2.46. The lowest BCUT2D eigenvalue weighted by Crippen LogP contribution is -2.00. The van der Waals surface area contributed by atoms with Gasteiger partial charge in [0.25, 0.3) is 0 Å². The second kappa shape index (κ2) is 6.98. The van der Waals surface area contributed by atoms with E-state index in [1.54, 1.807) is 7.11 Å². The molecule has 0 radical (unpaired) electrons. The predicted molar refractivity (Wildman–Crippen MR) is 84.6 cm³/mol. The quantitative estimate of drug-likeness (QED) is 0.830. The Kier molecular flexibility index (Phi) is 5.31. The zero-order chi connectivity index (χ0) is 13.7. The van der Waals surface area contributed by atoms with Crippen molar-refractivity contribution in [1.29, 1.82) is 0 Å². The highest BCUT2D eigenvalue weighted by Crippen LogP contribution is 2.27. The summed E-state index contributed by atoms with van der Waals surface area (Å²) in [6.45, 7) is 0.503. The molecule has 0 bridgehead atoms. The highest BCUT2D eigenvalue weighted by atomic mass is 79.9. The lowest BCUT2D eigenvalue weighted by Gasteiger charge is -2.09. The van der Waals surface area contributed by atoms with Crippen molar-refractivity contribution in [2.45, 2.75) is 17.2 Å². The van der Waals surface area contributed by atoms with E-state index in [1.807, 2.05) is 17.8 Å². The van der Waals surface area contributed by atoms with E-state index in [1.165, 1.54) is 10.5 Å². The number of rotatable bonds is 5. The molecule has 0 unspecified atom stereocenters. The van der Waals surface area contributed by atoms with Crippen molar-refractivity contribution in [1.82, 2.24) is 0 Å². The zero-order valence-corrected chi connectivity index (χ0v) is 13.1. The fourth-order valence-electron chi connectivity index (χ4n) is 1.74. The van der Waals surface area contributed by atoms with Crippen molar-refractivity contribution in [2.24, 2.45) is 5.73 Å². The molecule has 0 aliphatic carbocycles. The van der Waals surface area contributed by atoms with E-state index in [9.17, 15) is 0 Å². The van der Waals surface area contributed by atoms with Crippen LogP contribution in [0.3, 0.4) is 0 Å². The highest BCUT2D eigenvalue weighted by molar-refractivity contribution is 9.10. The van der Waals surface area contributed by atoms with E-state index in [-0.39, 0.29) is 0 Å². The van der Waals surface area contributed by atoms with Gasteiger partial charge in [0.2, 0.25) is 0 Å². The molecule has 0 spiro atoms. The van der Waals surface area contributed by atoms with Gasteiger partial charge in [-0.25, -0.2) is 0 Å². The van der Waals surface area contributed by atoms with Crippen LogP contribution in [0.4, 0.5) is 0 Å². The van der Waals surface area contributed by atoms with Gasteiger partial charge in [-0.05, 0) is 35.9 Å². The molecule has 19 heavy (non-hydrogen) atoms. The summed E-state index contributed by atoms with van der Waals surface area (Å²) in [6, 6.07) is 14.5. The maximum absolute atomic E-state index is 5.67. The largest absolute Gasteiger partial charge is 0.496 e. The lowest BCUT2D eigenvalue weighted by molar-refractivity contribution is 0.409. The summed E-state index contributed by atoms with van der Waals surface area (Å²) in [4.78, 5) is 1.25. The van der Waals surface area contributed by atoms with Crippen molar-refractivity contribution < 1.29 is 4.74 Å². The standard InChI is InChI=1S/C15H16BrNOS/c1-18-15-8-11(2-3-12(15)9-17)10-19-14-6-4-13(16)5-7-14/h2-8H,9-10,17H2,1H3. The van der Waals surface area contributed by atoms with Crippen LogP contribution in [0.1, 0.15) is 11.1 Å². The molecular formula is C15H16BrNOS. The second-order valence-electron chi connectivity index (χ2n) is 4.09. The minimum atomic E-state index is 0.503. The first-order valence-corrected chi connectivity index (χ1v) is 7.75. The maximum Gasteiger partial charge on any atom is 0.123 e. The van der Waals surface area contributed by atoms with E-state index in [0.29, 0.717) is 6.54 Å². The van der Waals surface area contributed by atoms with Crippen LogP contribution in [0.15, 0.2) is 51.8 Å². The van der Waals surface area contributed by atoms with Crippen LogP contribution < -0.4 is 10.5 Å². The summed E-state index contributed by atoms with van der Waals surface area (Å²) >= 11 is 5.25. The Morgan fingerprint density at radius 3 is 2.53 bits per heavy atom. The minimum absolute atomic E-state index is 0.503. The van der Waals surface area contributed by atoms with Gasteiger partial charge < -0.3 is 10.5 Å². The maximum atomic E-state index is 5.67. The molecule has 0 atom stereocenters. The Morgan fingerprint density at radius 2 is 1.89 bits per heavy atom. The second-order valence-corrected chi connectivity index (χ2v) is 6.06. The SMILES string of the molecule is COc1cc(CSc2ccc(Br)cc2)ccc1CN. The van der Waals surface area contributed by atoms with Gasteiger partial charge in [0.05, 0.1) is 7.11 Å². The van der Waals surface area contributed by atoms with Crippen LogP contribution in [0.5, 0.6) is 5.75 Å². The first-order valence-electron chi connectivity index (χ1n) is 5.97. The first kappa shape index (κ1) is 14.4. The fourth-order valence-corrected chi connectivity index (χ4v) is 2.85. The highest BCUT2D eigenvalue weighted by Gasteiger charge is 2.03. The third kappa shape index (κ3) is 4.00. The Hall–Kier alpha value is -0.970. The van der Waals surface area contributed by atoms with Crippen molar-refractivity contribution in [3.8, 4) is 5.75 Å². The van der Waals surface area contributed by atoms with Gasteiger partial charge in [-0.3, -0.25) is 0 Å². The number of nitrogens with two attached hydrogens (primary N) is 1. The first-order chi connectivity index (χ1) is 9.22. The van der Waals surface area contributed by atoms with Gasteiger partial charge in [0.1, 0.15) is 5.75 Å². The molecule has 0 aliphatic rings. The van der Waals surface area contributed by atoms with Crippen molar-refractivity contribution in [3.63, 3.8) is 0 Å². The normalized spacial score (nSPS) is 10.5. The summed E-state index contributed by atoms with van der Waals surface area (Å²) in [5.41, 5.74) is 7.95. The molecule has 2 nitrogen and oxygen atoms in total. The van der Waals surface area contributed by atoms with Gasteiger partial charge in [-0.1, -0.05) is 28.1 Å². The molecule has 0 aromatic heterocycles. The van der Waals surface area contributed by atoms with Gasteiger partial charge in [0, 0.05) is 27.2 Å². The number of benzene rings is 2. The molecule has 2 aromatic rings. The topological polar surface area (TPSA) is 35.2 Å². The average molecular weight is 338 g/mol. The Bertz CT molecular complexity index is 542. The Labute approximate surface area is 126 Å². The molecule has 0 saturated carbocycles. The third-order valence-electron chi connectivity index (χ3n) is 2.79. The summed E-state index contributed by atoms with van der Waals surface area (Å²) in [6.07, 6.45) is 0. The summed E-state index contributed by atoms with van der Waals surface area (Å²) < 4.78 is 6.45. The minimum Gasteiger partial charge on any atom is -0.496 e. The molecule has 2 rings (SSSR count). The van der Waals surface area contributed by atoms with Crippen LogP contribution in [-0.2, 0) is 12.3 Å². The Morgan fingerprint density at radius 1 is 1.16 bits per heavy atom. The smallest absolute Gasteiger partial charge is 0.123 e. The van der Waals surface area contributed by atoms with Crippen LogP contribution in [0.25, 0.3) is 0 Å². The number of halogens is 1. The van der Waals surface area contributed by atoms with Crippen LogP contribution >= 0.6 is 27.7 Å². The Balaban J connectivity index is 2.05. The summed E-state index contributed by atoms with van der Waals surface area (Å²) in [7, 11) is 1.68. The van der Waals surface area contributed by atoms with Gasteiger partial charge in [0.15, 0.2) is 0 Å². The molecule has 0 aliphatic heterocycles. The molecule has 0 heterocycles. The number of hydrogen-bond donors (Lipinski definition) is 1. The number of thioether (sulfide) groups is 1. The predicted octanol–water partition coefficient (Wildman–Crippen LogP) is 4.21. The van der Waals surface area contributed by atoms with Gasteiger partial charge in [-0.2, -0.15) is 0 Å². The molecule has 2 N–H and O–H groups in total. The van der Waals surface area contributed by atoms with Gasteiger partial charge in [-0.15, -0.1) is 11.8 Å². The monoisotopic (exact) mass is 337 g/mol. The summed E-state index contributed by atoms with van der Waals surface area (Å²) in [5, 5.41) is 0. The third-order valence-corrected chi connectivity index (χ3v) is 4.40. The zero-order valence-electron chi connectivity index (χ0n) is 10.7. The van der Waals surface area contributed by atoms with E-state index in [0.717, 1.165) is 21.5 Å². The van der Waals surface area contributed by atoms with Crippen molar-refractivity contribution >= 4 is 27.7 Å². The molecule has 0 amide bonds.